The number of benzene rings is 1. The molecule has 0 unspecified atom stereocenters. The van der Waals surface area contributed by atoms with Gasteiger partial charge in [0.05, 0.1) is 18.1 Å². The molecule has 0 spiro atoms. The van der Waals surface area contributed by atoms with E-state index in [-0.39, 0.29) is 17.1 Å². The third-order valence-electron chi connectivity index (χ3n) is 3.13. The quantitative estimate of drug-likeness (QED) is 0.616. The van der Waals surface area contributed by atoms with Gasteiger partial charge in [0.25, 0.3) is 5.69 Å². The van der Waals surface area contributed by atoms with Gasteiger partial charge in [0.2, 0.25) is 0 Å². The molecule has 7 heteroatoms. The van der Waals surface area contributed by atoms with Crippen LogP contribution in [0.1, 0.15) is 13.8 Å². The molecule has 0 aliphatic rings. The van der Waals surface area contributed by atoms with Crippen molar-refractivity contribution in [1.82, 2.24) is 4.90 Å². The van der Waals surface area contributed by atoms with Crippen molar-refractivity contribution < 1.29 is 14.1 Å². The van der Waals surface area contributed by atoms with Gasteiger partial charge in [-0.05, 0) is 20.9 Å². The van der Waals surface area contributed by atoms with Gasteiger partial charge < -0.3 is 15.0 Å². The Labute approximate surface area is 117 Å². The van der Waals surface area contributed by atoms with E-state index < -0.39 is 10.7 Å². The Kier molecular flexibility index (Phi) is 5.69. The average molecular weight is 285 g/mol. The minimum atomic E-state index is -0.746. The number of hydrogen-bond acceptors (Lipinski definition) is 5. The second-order valence-corrected chi connectivity index (χ2v) is 4.76. The van der Waals surface area contributed by atoms with E-state index in [0.29, 0.717) is 19.1 Å². The number of ether oxygens (including phenoxy) is 1. The predicted octanol–water partition coefficient (Wildman–Crippen LogP) is 2.49. The number of hydrogen-bond donors (Lipinski definition) is 1. The number of nitro benzene ring substituents is 1. The van der Waals surface area contributed by atoms with Crippen LogP contribution in [-0.2, 0) is 0 Å². The molecule has 1 aromatic rings. The normalized spacial score (nSPS) is 10.9. The molecule has 0 aromatic heterocycles. The molecule has 0 aliphatic carbocycles. The van der Waals surface area contributed by atoms with Crippen LogP contribution in [0.15, 0.2) is 12.1 Å². The Morgan fingerprint density at radius 3 is 2.65 bits per heavy atom. The zero-order chi connectivity index (χ0) is 15.3. The van der Waals surface area contributed by atoms with Crippen LogP contribution in [0.5, 0.6) is 5.75 Å². The molecule has 1 aromatic carbocycles. The van der Waals surface area contributed by atoms with Crippen LogP contribution < -0.4 is 10.1 Å². The van der Waals surface area contributed by atoms with Crippen molar-refractivity contribution in [2.45, 2.75) is 19.9 Å². The number of rotatable bonds is 7. The summed E-state index contributed by atoms with van der Waals surface area (Å²) in [5, 5.41) is 13.9. The zero-order valence-corrected chi connectivity index (χ0v) is 12.1. The SMILES string of the molecule is COc1cc(NCCN(C)C(C)C)c([N+](=O)[O-])cc1F. The fourth-order valence-corrected chi connectivity index (χ4v) is 1.62. The van der Waals surface area contributed by atoms with E-state index in [4.69, 9.17) is 4.74 Å². The molecular formula is C13H20FN3O3. The minimum absolute atomic E-state index is 0.0182. The van der Waals surface area contributed by atoms with Crippen molar-refractivity contribution in [1.29, 1.82) is 0 Å². The molecule has 0 saturated heterocycles. The Morgan fingerprint density at radius 2 is 2.15 bits per heavy atom. The first kappa shape index (κ1) is 16.2. The lowest BCUT2D eigenvalue weighted by atomic mass is 10.2. The van der Waals surface area contributed by atoms with Crippen molar-refractivity contribution >= 4 is 11.4 Å². The van der Waals surface area contributed by atoms with E-state index in [1.807, 2.05) is 7.05 Å². The van der Waals surface area contributed by atoms with E-state index >= 15 is 0 Å². The number of nitrogens with one attached hydrogen (secondary N) is 1. The highest BCUT2D eigenvalue weighted by atomic mass is 19.1. The molecule has 1 rings (SSSR count). The van der Waals surface area contributed by atoms with Crippen LogP contribution in [-0.4, -0.2) is 43.1 Å². The molecular weight excluding hydrogens is 265 g/mol. The molecule has 0 atom stereocenters. The van der Waals surface area contributed by atoms with Gasteiger partial charge >= 0.3 is 0 Å². The van der Waals surface area contributed by atoms with Crippen LogP contribution in [0, 0.1) is 15.9 Å². The standard InChI is InChI=1S/C13H20FN3O3/c1-9(2)16(3)6-5-15-11-8-13(20-4)10(14)7-12(11)17(18)19/h7-9,15H,5-6H2,1-4H3. The molecule has 0 aliphatic heterocycles. The van der Waals surface area contributed by atoms with Crippen molar-refractivity contribution in [2.75, 3.05) is 32.6 Å². The van der Waals surface area contributed by atoms with Gasteiger partial charge in [-0.1, -0.05) is 0 Å². The summed E-state index contributed by atoms with van der Waals surface area (Å²) in [6.45, 7) is 5.35. The van der Waals surface area contributed by atoms with Crippen LogP contribution in [0.2, 0.25) is 0 Å². The Morgan fingerprint density at radius 1 is 1.50 bits per heavy atom. The predicted molar refractivity (Wildman–Crippen MR) is 75.9 cm³/mol. The van der Waals surface area contributed by atoms with E-state index in [9.17, 15) is 14.5 Å². The summed E-state index contributed by atoms with van der Waals surface area (Å²) in [6, 6.07) is 2.56. The van der Waals surface area contributed by atoms with Gasteiger partial charge in [0.15, 0.2) is 11.6 Å². The highest BCUT2D eigenvalue weighted by Crippen LogP contribution is 2.31. The summed E-state index contributed by atoms with van der Waals surface area (Å²) in [6.07, 6.45) is 0. The minimum Gasteiger partial charge on any atom is -0.494 e. The van der Waals surface area contributed by atoms with E-state index in [2.05, 4.69) is 24.1 Å². The second-order valence-electron chi connectivity index (χ2n) is 4.76. The maximum Gasteiger partial charge on any atom is 0.295 e. The van der Waals surface area contributed by atoms with Crippen molar-refractivity contribution in [2.24, 2.45) is 0 Å². The summed E-state index contributed by atoms with van der Waals surface area (Å²) in [5.74, 6) is -0.764. The molecule has 6 nitrogen and oxygen atoms in total. The molecule has 0 heterocycles. The highest BCUT2D eigenvalue weighted by molar-refractivity contribution is 5.64. The van der Waals surface area contributed by atoms with Gasteiger partial charge in [-0.3, -0.25) is 10.1 Å². The van der Waals surface area contributed by atoms with Crippen LogP contribution in [0.25, 0.3) is 0 Å². The van der Waals surface area contributed by atoms with E-state index in [0.717, 1.165) is 6.07 Å². The lowest BCUT2D eigenvalue weighted by molar-refractivity contribution is -0.384. The van der Waals surface area contributed by atoms with Crippen LogP contribution in [0.4, 0.5) is 15.8 Å². The summed E-state index contributed by atoms with van der Waals surface area (Å²) in [5.41, 5.74) is -0.0408. The number of halogens is 1. The zero-order valence-electron chi connectivity index (χ0n) is 12.1. The smallest absolute Gasteiger partial charge is 0.295 e. The third-order valence-corrected chi connectivity index (χ3v) is 3.13. The van der Waals surface area contributed by atoms with E-state index in [1.165, 1.54) is 13.2 Å². The summed E-state index contributed by atoms with van der Waals surface area (Å²) < 4.78 is 18.3. The molecule has 0 saturated carbocycles. The fourth-order valence-electron chi connectivity index (χ4n) is 1.62. The molecule has 20 heavy (non-hydrogen) atoms. The van der Waals surface area contributed by atoms with Crippen molar-refractivity contribution in [3.8, 4) is 5.75 Å². The number of likely N-dealkylation sites (N-methyl/N-ethyl adjacent to an activating group) is 1. The topological polar surface area (TPSA) is 67.6 Å². The first-order valence-corrected chi connectivity index (χ1v) is 6.32. The third kappa shape index (κ3) is 4.06. The van der Waals surface area contributed by atoms with Gasteiger partial charge in [0.1, 0.15) is 5.69 Å². The lowest BCUT2D eigenvalue weighted by Gasteiger charge is -2.21. The largest absolute Gasteiger partial charge is 0.494 e. The van der Waals surface area contributed by atoms with Crippen LogP contribution >= 0.6 is 0 Å². The first-order valence-electron chi connectivity index (χ1n) is 6.32. The number of nitro groups is 1. The maximum atomic E-state index is 13.5. The number of anilines is 1. The van der Waals surface area contributed by atoms with Gasteiger partial charge in [-0.15, -0.1) is 0 Å². The maximum absolute atomic E-state index is 13.5. The van der Waals surface area contributed by atoms with Crippen molar-refractivity contribution in [3.05, 3.63) is 28.1 Å². The van der Waals surface area contributed by atoms with Gasteiger partial charge in [-0.25, -0.2) is 4.39 Å². The molecule has 0 fully saturated rings. The molecule has 0 amide bonds. The highest BCUT2D eigenvalue weighted by Gasteiger charge is 2.18. The first-order chi connectivity index (χ1) is 9.36. The summed E-state index contributed by atoms with van der Waals surface area (Å²) in [4.78, 5) is 12.4. The Balaban J connectivity index is 2.84. The monoisotopic (exact) mass is 285 g/mol. The Bertz CT molecular complexity index is 480. The Hall–Kier alpha value is -1.89. The number of methoxy groups -OCH3 is 1. The second kappa shape index (κ2) is 7.04. The fraction of sp³-hybridized carbons (Fsp3) is 0.538. The molecule has 0 radical (unpaired) electrons. The summed E-state index contributed by atoms with van der Waals surface area (Å²) in [7, 11) is 3.28. The van der Waals surface area contributed by atoms with E-state index in [1.54, 1.807) is 0 Å². The van der Waals surface area contributed by atoms with Gasteiger partial charge in [0, 0.05) is 25.2 Å². The van der Waals surface area contributed by atoms with Crippen LogP contribution in [0.3, 0.4) is 0 Å². The average Bonchev–Trinajstić information content (AvgIpc) is 2.39. The molecule has 0 bridgehead atoms. The summed E-state index contributed by atoms with van der Waals surface area (Å²) >= 11 is 0. The number of nitrogens with zero attached hydrogens (tertiary/aromatic N) is 2. The molecule has 1 N–H and O–H groups in total. The van der Waals surface area contributed by atoms with Crippen molar-refractivity contribution in [3.63, 3.8) is 0 Å². The lowest BCUT2D eigenvalue weighted by Crippen LogP contribution is -2.31. The van der Waals surface area contributed by atoms with Gasteiger partial charge in [-0.2, -0.15) is 0 Å². The molecule has 112 valence electrons.